The van der Waals surface area contributed by atoms with E-state index < -0.39 is 0 Å². The molecule has 2 fully saturated rings. The fourth-order valence-corrected chi connectivity index (χ4v) is 1.94. The van der Waals surface area contributed by atoms with E-state index in [1.165, 1.54) is 12.8 Å². The Morgan fingerprint density at radius 2 is 2.07 bits per heavy atom. The molecular weight excluding hydrogens is 176 g/mol. The predicted molar refractivity (Wildman–Crippen MR) is 55.6 cm³/mol. The third-order valence-electron chi connectivity index (χ3n) is 3.86. The fraction of sp³-hybridized carbons (Fsp3) is 0.909. The van der Waals surface area contributed by atoms with E-state index in [-0.39, 0.29) is 22.7 Å². The minimum Gasteiger partial charge on any atom is -0.355 e. The van der Waals surface area contributed by atoms with Gasteiger partial charge in [-0.05, 0) is 36.6 Å². The molecule has 0 radical (unpaired) electrons. The first-order valence-corrected chi connectivity index (χ1v) is 5.47. The summed E-state index contributed by atoms with van der Waals surface area (Å²) >= 11 is 0. The highest BCUT2D eigenvalue weighted by molar-refractivity contribution is 5.82. The van der Waals surface area contributed by atoms with E-state index in [1.807, 2.05) is 0 Å². The highest BCUT2D eigenvalue weighted by Gasteiger charge is 2.51. The zero-order valence-electron chi connectivity index (χ0n) is 9.10. The molecule has 1 amide bonds. The molecule has 3 heteroatoms. The topological polar surface area (TPSA) is 55.1 Å². The number of carbonyl (C=O) groups is 1. The van der Waals surface area contributed by atoms with E-state index in [9.17, 15) is 4.79 Å². The number of hydrogen-bond acceptors (Lipinski definition) is 2. The van der Waals surface area contributed by atoms with Gasteiger partial charge in [-0.3, -0.25) is 4.79 Å². The molecule has 3 nitrogen and oxygen atoms in total. The Kier molecular flexibility index (Phi) is 2.11. The van der Waals surface area contributed by atoms with E-state index in [4.69, 9.17) is 5.73 Å². The molecule has 0 heterocycles. The van der Waals surface area contributed by atoms with Crippen molar-refractivity contribution in [2.75, 3.05) is 13.1 Å². The predicted octanol–water partition coefficient (Wildman–Crippen LogP) is 0.888. The number of nitrogens with two attached hydrogens (primary N) is 1. The first-order chi connectivity index (χ1) is 6.49. The Morgan fingerprint density at radius 3 is 2.43 bits per heavy atom. The van der Waals surface area contributed by atoms with E-state index in [0.29, 0.717) is 6.54 Å². The van der Waals surface area contributed by atoms with Crippen molar-refractivity contribution in [2.45, 2.75) is 33.1 Å². The molecule has 0 aromatic heterocycles. The highest BCUT2D eigenvalue weighted by atomic mass is 16.2. The molecule has 3 N–H and O–H groups in total. The summed E-state index contributed by atoms with van der Waals surface area (Å²) in [6, 6.07) is 0. The van der Waals surface area contributed by atoms with Crippen molar-refractivity contribution >= 4 is 5.91 Å². The summed E-state index contributed by atoms with van der Waals surface area (Å²) in [4.78, 5) is 11.7. The Balaban J connectivity index is 1.74. The van der Waals surface area contributed by atoms with Crippen LogP contribution in [0, 0.1) is 16.7 Å². The van der Waals surface area contributed by atoms with Gasteiger partial charge in [0, 0.05) is 12.5 Å². The quantitative estimate of drug-likeness (QED) is 0.701. The van der Waals surface area contributed by atoms with Gasteiger partial charge in [-0.15, -0.1) is 0 Å². The van der Waals surface area contributed by atoms with Gasteiger partial charge in [0.05, 0.1) is 0 Å². The van der Waals surface area contributed by atoms with Crippen LogP contribution in [0.1, 0.15) is 33.1 Å². The number of nitrogens with one attached hydrogen (secondary N) is 1. The van der Waals surface area contributed by atoms with Crippen LogP contribution in [-0.4, -0.2) is 19.0 Å². The van der Waals surface area contributed by atoms with Crippen molar-refractivity contribution in [2.24, 2.45) is 22.5 Å². The van der Waals surface area contributed by atoms with Crippen LogP contribution in [0.3, 0.4) is 0 Å². The van der Waals surface area contributed by atoms with Gasteiger partial charge in [-0.2, -0.15) is 0 Å². The highest BCUT2D eigenvalue weighted by Crippen LogP contribution is 2.52. The average molecular weight is 196 g/mol. The summed E-state index contributed by atoms with van der Waals surface area (Å²) in [5.41, 5.74) is 6.15. The number of hydrogen-bond donors (Lipinski definition) is 2. The van der Waals surface area contributed by atoms with Crippen molar-refractivity contribution in [1.82, 2.24) is 5.32 Å². The Labute approximate surface area is 85.4 Å². The lowest BCUT2D eigenvalue weighted by Crippen LogP contribution is -2.35. The van der Waals surface area contributed by atoms with Crippen molar-refractivity contribution in [3.8, 4) is 0 Å². The second-order valence-corrected chi connectivity index (χ2v) is 5.67. The summed E-state index contributed by atoms with van der Waals surface area (Å²) in [5, 5.41) is 3.03. The fourth-order valence-electron chi connectivity index (χ4n) is 1.94. The normalized spacial score (nSPS) is 30.9. The third kappa shape index (κ3) is 1.78. The molecule has 0 aliphatic heterocycles. The summed E-state index contributed by atoms with van der Waals surface area (Å²) in [6.07, 6.45) is 3.39. The second-order valence-electron chi connectivity index (χ2n) is 5.67. The van der Waals surface area contributed by atoms with Crippen LogP contribution in [0.15, 0.2) is 0 Å². The molecule has 1 unspecified atom stereocenters. The minimum absolute atomic E-state index is 0.231. The summed E-state index contributed by atoms with van der Waals surface area (Å²) in [6.45, 7) is 5.79. The van der Waals surface area contributed by atoms with Gasteiger partial charge in [0.1, 0.15) is 0 Å². The van der Waals surface area contributed by atoms with E-state index >= 15 is 0 Å². The van der Waals surface area contributed by atoms with Crippen LogP contribution in [0.5, 0.6) is 0 Å². The van der Waals surface area contributed by atoms with Crippen LogP contribution in [0.25, 0.3) is 0 Å². The van der Waals surface area contributed by atoms with Gasteiger partial charge < -0.3 is 11.1 Å². The molecule has 2 rings (SSSR count). The van der Waals surface area contributed by atoms with Gasteiger partial charge in [0.15, 0.2) is 0 Å². The molecule has 2 aliphatic carbocycles. The SMILES string of the molecule is CC1(C)CC1C(=O)NCC1(CN)CC1. The van der Waals surface area contributed by atoms with Gasteiger partial charge in [-0.25, -0.2) is 0 Å². The summed E-state index contributed by atoms with van der Waals surface area (Å²) in [7, 11) is 0. The van der Waals surface area contributed by atoms with Crippen LogP contribution in [-0.2, 0) is 4.79 Å². The largest absolute Gasteiger partial charge is 0.355 e. The van der Waals surface area contributed by atoms with Crippen molar-refractivity contribution in [1.29, 1.82) is 0 Å². The molecule has 0 bridgehead atoms. The molecule has 1 atom stereocenters. The molecule has 0 saturated heterocycles. The molecule has 80 valence electrons. The number of amides is 1. The molecule has 0 aromatic carbocycles. The zero-order chi connectivity index (χ0) is 10.4. The maximum Gasteiger partial charge on any atom is 0.223 e. The van der Waals surface area contributed by atoms with Crippen molar-refractivity contribution in [3.63, 3.8) is 0 Å². The van der Waals surface area contributed by atoms with E-state index in [0.717, 1.165) is 13.0 Å². The lowest BCUT2D eigenvalue weighted by Gasteiger charge is -2.13. The second kappa shape index (κ2) is 2.96. The zero-order valence-corrected chi connectivity index (χ0v) is 9.10. The third-order valence-corrected chi connectivity index (χ3v) is 3.86. The first kappa shape index (κ1) is 9.97. The maximum absolute atomic E-state index is 11.7. The lowest BCUT2D eigenvalue weighted by molar-refractivity contribution is -0.123. The van der Waals surface area contributed by atoms with E-state index in [1.54, 1.807) is 0 Å². The maximum atomic E-state index is 11.7. The van der Waals surface area contributed by atoms with Crippen LogP contribution in [0.2, 0.25) is 0 Å². The summed E-state index contributed by atoms with van der Waals surface area (Å²) < 4.78 is 0. The van der Waals surface area contributed by atoms with Gasteiger partial charge in [-0.1, -0.05) is 13.8 Å². The first-order valence-electron chi connectivity index (χ1n) is 5.47. The number of carbonyl (C=O) groups excluding carboxylic acids is 1. The van der Waals surface area contributed by atoms with Gasteiger partial charge >= 0.3 is 0 Å². The smallest absolute Gasteiger partial charge is 0.223 e. The molecule has 2 aliphatic rings. The summed E-state index contributed by atoms with van der Waals surface area (Å²) in [5.74, 6) is 0.478. The molecule has 2 saturated carbocycles. The Bertz CT molecular complexity index is 256. The Morgan fingerprint density at radius 1 is 1.50 bits per heavy atom. The molecular formula is C11H20N2O. The molecule has 0 spiro atoms. The van der Waals surface area contributed by atoms with Gasteiger partial charge in [0.2, 0.25) is 5.91 Å². The van der Waals surface area contributed by atoms with Crippen LogP contribution < -0.4 is 11.1 Å². The average Bonchev–Trinajstić information content (AvgIpc) is 3.00. The van der Waals surface area contributed by atoms with Crippen LogP contribution >= 0.6 is 0 Å². The molecule has 0 aromatic rings. The standard InChI is InChI=1S/C11H20N2O/c1-10(2)5-8(10)9(14)13-7-11(6-12)3-4-11/h8H,3-7,12H2,1-2H3,(H,13,14). The minimum atomic E-state index is 0.231. The number of rotatable bonds is 4. The van der Waals surface area contributed by atoms with Crippen LogP contribution in [0.4, 0.5) is 0 Å². The monoisotopic (exact) mass is 196 g/mol. The van der Waals surface area contributed by atoms with Crippen molar-refractivity contribution in [3.05, 3.63) is 0 Å². The molecule has 14 heavy (non-hydrogen) atoms. The van der Waals surface area contributed by atoms with Crippen molar-refractivity contribution < 1.29 is 4.79 Å². The van der Waals surface area contributed by atoms with E-state index in [2.05, 4.69) is 19.2 Å². The lowest BCUT2D eigenvalue weighted by atomic mass is 10.1. The Hall–Kier alpha value is -0.570. The van der Waals surface area contributed by atoms with Gasteiger partial charge in [0.25, 0.3) is 0 Å².